The highest BCUT2D eigenvalue weighted by molar-refractivity contribution is 4.67. The Morgan fingerprint density at radius 1 is 1.44 bits per heavy atom. The van der Waals surface area contributed by atoms with Gasteiger partial charge >= 0.3 is 0 Å². The fourth-order valence-corrected chi connectivity index (χ4v) is 0.936. The van der Waals surface area contributed by atoms with Crippen molar-refractivity contribution in [2.24, 2.45) is 0 Å². The van der Waals surface area contributed by atoms with Crippen molar-refractivity contribution in [1.29, 1.82) is 0 Å². The predicted molar refractivity (Wildman–Crippen MR) is 32.1 cm³/mol. The molecular formula is C6H12O3. The first-order chi connectivity index (χ1) is 4.33. The third kappa shape index (κ3) is 1.93. The van der Waals surface area contributed by atoms with Gasteiger partial charge in [-0.05, 0) is 12.8 Å². The van der Waals surface area contributed by atoms with Gasteiger partial charge in [-0.3, -0.25) is 0 Å². The van der Waals surface area contributed by atoms with Crippen molar-refractivity contribution >= 4 is 0 Å². The summed E-state index contributed by atoms with van der Waals surface area (Å²) in [5.74, 6) is 0. The maximum Gasteiger partial charge on any atom is 0.0808 e. The van der Waals surface area contributed by atoms with Crippen molar-refractivity contribution in [1.82, 2.24) is 0 Å². The van der Waals surface area contributed by atoms with Crippen LogP contribution in [0.15, 0.2) is 0 Å². The third-order valence-electron chi connectivity index (χ3n) is 1.55. The summed E-state index contributed by atoms with van der Waals surface area (Å²) < 4.78 is 5.04. The summed E-state index contributed by atoms with van der Waals surface area (Å²) in [6.07, 6.45) is 1.18. The van der Waals surface area contributed by atoms with Gasteiger partial charge < -0.3 is 14.9 Å². The first-order valence-corrected chi connectivity index (χ1v) is 3.23. The molecule has 0 amide bonds. The second-order valence-electron chi connectivity index (χ2n) is 2.37. The van der Waals surface area contributed by atoms with E-state index in [-0.39, 0.29) is 18.8 Å². The SMILES string of the molecule is OC[C@@H]1CC[C@@H](O)CO1. The van der Waals surface area contributed by atoms with Crippen LogP contribution in [-0.4, -0.2) is 35.6 Å². The smallest absolute Gasteiger partial charge is 0.0808 e. The molecule has 0 aromatic heterocycles. The Balaban J connectivity index is 2.18. The van der Waals surface area contributed by atoms with Crippen LogP contribution in [0.5, 0.6) is 0 Å². The standard InChI is InChI=1S/C6H12O3/c7-3-6-2-1-5(8)4-9-6/h5-8H,1-4H2/t5-,6+/m1/s1. The Morgan fingerprint density at radius 2 is 2.22 bits per heavy atom. The summed E-state index contributed by atoms with van der Waals surface area (Å²) in [5, 5.41) is 17.5. The van der Waals surface area contributed by atoms with Crippen molar-refractivity contribution in [3.8, 4) is 0 Å². The molecule has 2 atom stereocenters. The normalized spacial score (nSPS) is 36.7. The molecule has 1 heterocycles. The highest BCUT2D eigenvalue weighted by Gasteiger charge is 2.18. The molecule has 9 heavy (non-hydrogen) atoms. The van der Waals surface area contributed by atoms with Crippen LogP contribution >= 0.6 is 0 Å². The van der Waals surface area contributed by atoms with Crippen LogP contribution in [0.3, 0.4) is 0 Å². The van der Waals surface area contributed by atoms with E-state index >= 15 is 0 Å². The molecule has 0 saturated carbocycles. The molecule has 0 spiro atoms. The molecule has 1 saturated heterocycles. The first-order valence-electron chi connectivity index (χ1n) is 3.23. The molecule has 3 heteroatoms. The first kappa shape index (κ1) is 6.99. The maximum atomic E-state index is 8.92. The van der Waals surface area contributed by atoms with Gasteiger partial charge in [0.1, 0.15) is 0 Å². The fraction of sp³-hybridized carbons (Fsp3) is 1.00. The number of aliphatic hydroxyl groups is 2. The van der Waals surface area contributed by atoms with Crippen LogP contribution in [0.25, 0.3) is 0 Å². The second-order valence-corrected chi connectivity index (χ2v) is 2.37. The van der Waals surface area contributed by atoms with Gasteiger partial charge in [0.2, 0.25) is 0 Å². The predicted octanol–water partition coefficient (Wildman–Crippen LogP) is -0.481. The summed E-state index contributed by atoms with van der Waals surface area (Å²) >= 11 is 0. The lowest BCUT2D eigenvalue weighted by molar-refractivity contribution is -0.0733. The molecule has 1 rings (SSSR count). The van der Waals surface area contributed by atoms with Gasteiger partial charge in [-0.25, -0.2) is 0 Å². The van der Waals surface area contributed by atoms with E-state index in [1.165, 1.54) is 0 Å². The average molecular weight is 132 g/mol. The zero-order valence-electron chi connectivity index (χ0n) is 5.29. The molecule has 1 aliphatic rings. The van der Waals surface area contributed by atoms with Gasteiger partial charge in [-0.2, -0.15) is 0 Å². The average Bonchev–Trinajstić information content (AvgIpc) is 1.90. The van der Waals surface area contributed by atoms with Crippen LogP contribution in [0.4, 0.5) is 0 Å². The van der Waals surface area contributed by atoms with Crippen molar-refractivity contribution in [3.63, 3.8) is 0 Å². The van der Waals surface area contributed by atoms with Gasteiger partial charge in [0.05, 0.1) is 25.4 Å². The van der Waals surface area contributed by atoms with E-state index in [9.17, 15) is 0 Å². The van der Waals surface area contributed by atoms with Crippen LogP contribution < -0.4 is 0 Å². The Kier molecular flexibility index (Phi) is 2.45. The van der Waals surface area contributed by atoms with Crippen molar-refractivity contribution in [2.45, 2.75) is 25.0 Å². The van der Waals surface area contributed by atoms with Gasteiger partial charge in [-0.1, -0.05) is 0 Å². The Hall–Kier alpha value is -0.120. The molecule has 0 radical (unpaired) electrons. The lowest BCUT2D eigenvalue weighted by Gasteiger charge is -2.24. The number of ether oxygens (including phenoxy) is 1. The van der Waals surface area contributed by atoms with Crippen molar-refractivity contribution < 1.29 is 14.9 Å². The van der Waals surface area contributed by atoms with Gasteiger partial charge in [0.15, 0.2) is 0 Å². The molecule has 3 nitrogen and oxygen atoms in total. The van der Waals surface area contributed by atoms with Gasteiger partial charge in [0.25, 0.3) is 0 Å². The van der Waals surface area contributed by atoms with Crippen LogP contribution in [0.1, 0.15) is 12.8 Å². The highest BCUT2D eigenvalue weighted by atomic mass is 16.5. The Morgan fingerprint density at radius 3 is 2.67 bits per heavy atom. The summed E-state index contributed by atoms with van der Waals surface area (Å²) in [4.78, 5) is 0. The molecule has 0 aromatic rings. The van der Waals surface area contributed by atoms with E-state index in [1.54, 1.807) is 0 Å². The number of rotatable bonds is 1. The molecule has 0 bridgehead atoms. The lowest BCUT2D eigenvalue weighted by atomic mass is 10.1. The number of hydrogen-bond donors (Lipinski definition) is 2. The van der Waals surface area contributed by atoms with E-state index < -0.39 is 0 Å². The molecule has 0 aromatic carbocycles. The summed E-state index contributed by atoms with van der Waals surface area (Å²) in [6, 6.07) is 0. The molecule has 0 unspecified atom stereocenters. The van der Waals surface area contributed by atoms with Crippen molar-refractivity contribution in [3.05, 3.63) is 0 Å². The molecule has 2 N–H and O–H groups in total. The number of aliphatic hydroxyl groups excluding tert-OH is 2. The summed E-state index contributed by atoms with van der Waals surface area (Å²) in [5.41, 5.74) is 0. The Labute approximate surface area is 54.3 Å². The van der Waals surface area contributed by atoms with Crippen LogP contribution in [0.2, 0.25) is 0 Å². The van der Waals surface area contributed by atoms with E-state index in [2.05, 4.69) is 0 Å². The Bertz CT molecular complexity index is 76.4. The zero-order valence-corrected chi connectivity index (χ0v) is 5.29. The fourth-order valence-electron chi connectivity index (χ4n) is 0.936. The van der Waals surface area contributed by atoms with Crippen LogP contribution in [0, 0.1) is 0 Å². The van der Waals surface area contributed by atoms with Crippen LogP contribution in [-0.2, 0) is 4.74 Å². The maximum absolute atomic E-state index is 8.92. The van der Waals surface area contributed by atoms with Gasteiger partial charge in [0, 0.05) is 0 Å². The minimum atomic E-state index is -0.312. The third-order valence-corrected chi connectivity index (χ3v) is 1.55. The molecule has 1 fully saturated rings. The second kappa shape index (κ2) is 3.15. The molecule has 0 aliphatic carbocycles. The number of hydrogen-bond acceptors (Lipinski definition) is 3. The van der Waals surface area contributed by atoms with E-state index in [1.807, 2.05) is 0 Å². The minimum Gasteiger partial charge on any atom is -0.394 e. The zero-order chi connectivity index (χ0) is 6.69. The molecular weight excluding hydrogens is 120 g/mol. The monoisotopic (exact) mass is 132 g/mol. The topological polar surface area (TPSA) is 49.7 Å². The molecule has 54 valence electrons. The van der Waals surface area contributed by atoms with Gasteiger partial charge in [-0.15, -0.1) is 0 Å². The minimum absolute atomic E-state index is 0.0339. The molecule has 1 aliphatic heterocycles. The quantitative estimate of drug-likeness (QED) is 0.506. The highest BCUT2D eigenvalue weighted by Crippen LogP contribution is 2.11. The van der Waals surface area contributed by atoms with E-state index in [4.69, 9.17) is 14.9 Å². The summed E-state index contributed by atoms with van der Waals surface area (Å²) in [7, 11) is 0. The van der Waals surface area contributed by atoms with E-state index in [0.29, 0.717) is 6.61 Å². The summed E-state index contributed by atoms with van der Waals surface area (Å²) in [6.45, 7) is 0.456. The lowest BCUT2D eigenvalue weighted by Crippen LogP contribution is -2.31. The van der Waals surface area contributed by atoms with E-state index in [0.717, 1.165) is 12.8 Å². The largest absolute Gasteiger partial charge is 0.394 e. The van der Waals surface area contributed by atoms with Crippen molar-refractivity contribution in [2.75, 3.05) is 13.2 Å².